The number of hydrogen-bond donors (Lipinski definition) is 1. The maximum absolute atomic E-state index is 12.2. The average molecular weight is 383 g/mol. The van der Waals surface area contributed by atoms with Crippen LogP contribution >= 0.6 is 31.9 Å². The number of rotatable bonds is 3. The van der Waals surface area contributed by atoms with E-state index in [1.807, 2.05) is 43.3 Å². The Hall–Kier alpha value is -1.13. The van der Waals surface area contributed by atoms with Crippen LogP contribution in [0, 0.1) is 6.92 Å². The molecule has 4 heteroatoms. The molecule has 0 aromatic heterocycles. The van der Waals surface area contributed by atoms with Crippen molar-refractivity contribution < 1.29 is 4.79 Å². The summed E-state index contributed by atoms with van der Waals surface area (Å²) in [5, 5.41) is 3.70. The molecule has 0 aliphatic carbocycles. The van der Waals surface area contributed by atoms with Gasteiger partial charge in [0.1, 0.15) is 0 Å². The van der Waals surface area contributed by atoms with Crippen LogP contribution < -0.4 is 5.32 Å². The summed E-state index contributed by atoms with van der Waals surface area (Å²) in [6.07, 6.45) is 0. The van der Waals surface area contributed by atoms with Gasteiger partial charge in [-0.1, -0.05) is 40.2 Å². The number of halogens is 2. The highest BCUT2D eigenvalue weighted by Crippen LogP contribution is 2.22. The normalized spacial score (nSPS) is 10.3. The Labute approximate surface area is 129 Å². The summed E-state index contributed by atoms with van der Waals surface area (Å²) >= 11 is 6.84. The van der Waals surface area contributed by atoms with E-state index >= 15 is 0 Å². The summed E-state index contributed by atoms with van der Waals surface area (Å²) < 4.78 is 0.838. The van der Waals surface area contributed by atoms with Gasteiger partial charge in [-0.25, -0.2) is 0 Å². The van der Waals surface area contributed by atoms with Crippen LogP contribution in [0.4, 0.5) is 5.69 Å². The molecule has 0 spiro atoms. The molecule has 2 aromatic carbocycles. The fraction of sp³-hybridized carbons (Fsp3) is 0.133. The zero-order valence-electron chi connectivity index (χ0n) is 10.4. The molecule has 1 amide bonds. The van der Waals surface area contributed by atoms with Crippen LogP contribution in [-0.4, -0.2) is 5.91 Å². The van der Waals surface area contributed by atoms with Gasteiger partial charge in [-0.15, -0.1) is 0 Å². The van der Waals surface area contributed by atoms with Crippen LogP contribution in [0.5, 0.6) is 0 Å². The van der Waals surface area contributed by atoms with E-state index in [4.69, 9.17) is 0 Å². The summed E-state index contributed by atoms with van der Waals surface area (Å²) in [5.74, 6) is -0.109. The van der Waals surface area contributed by atoms with Crippen molar-refractivity contribution in [2.45, 2.75) is 12.3 Å². The monoisotopic (exact) mass is 381 g/mol. The van der Waals surface area contributed by atoms with E-state index in [-0.39, 0.29) is 5.91 Å². The minimum Gasteiger partial charge on any atom is -0.322 e. The number of carbonyl (C=O) groups excluding carboxylic acids is 1. The Balaban J connectivity index is 2.18. The molecule has 1 N–H and O–H groups in total. The van der Waals surface area contributed by atoms with Crippen molar-refractivity contribution in [3.05, 3.63) is 63.6 Å². The molecule has 0 atom stereocenters. The Kier molecular flexibility index (Phi) is 4.77. The van der Waals surface area contributed by atoms with Crippen molar-refractivity contribution in [1.29, 1.82) is 0 Å². The number of alkyl halides is 1. The van der Waals surface area contributed by atoms with Crippen LogP contribution in [0.15, 0.2) is 46.9 Å². The molecule has 0 fully saturated rings. The Morgan fingerprint density at radius 3 is 2.47 bits per heavy atom. The molecule has 0 radical (unpaired) electrons. The summed E-state index contributed by atoms with van der Waals surface area (Å²) in [5.41, 5.74) is 3.66. The molecule has 0 saturated carbocycles. The summed E-state index contributed by atoms with van der Waals surface area (Å²) in [6.45, 7) is 1.96. The summed E-state index contributed by atoms with van der Waals surface area (Å²) in [4.78, 5) is 12.2. The van der Waals surface area contributed by atoms with Crippen LogP contribution in [0.2, 0.25) is 0 Å². The second-order valence-electron chi connectivity index (χ2n) is 4.22. The number of hydrogen-bond acceptors (Lipinski definition) is 1. The quantitative estimate of drug-likeness (QED) is 0.751. The number of amides is 1. The van der Waals surface area contributed by atoms with Crippen LogP contribution in [-0.2, 0) is 5.33 Å². The minimum absolute atomic E-state index is 0.109. The Morgan fingerprint density at radius 2 is 1.84 bits per heavy atom. The maximum Gasteiger partial charge on any atom is 0.256 e. The molecular weight excluding hydrogens is 370 g/mol. The molecule has 0 aliphatic heterocycles. The van der Waals surface area contributed by atoms with E-state index in [1.54, 1.807) is 6.07 Å². The van der Waals surface area contributed by atoms with Gasteiger partial charge in [0.05, 0.1) is 5.56 Å². The van der Waals surface area contributed by atoms with Crippen molar-refractivity contribution >= 4 is 43.5 Å². The van der Waals surface area contributed by atoms with Gasteiger partial charge < -0.3 is 5.32 Å². The SMILES string of the molecule is Cc1cccc(C(=O)Nc2ccc(CBr)cc2)c1Br. The lowest BCUT2D eigenvalue weighted by molar-refractivity contribution is 0.102. The highest BCUT2D eigenvalue weighted by Gasteiger charge is 2.11. The van der Waals surface area contributed by atoms with Gasteiger partial charge in [0.2, 0.25) is 0 Å². The summed E-state index contributed by atoms with van der Waals surface area (Å²) in [6, 6.07) is 13.4. The van der Waals surface area contributed by atoms with Crippen LogP contribution in [0.1, 0.15) is 21.5 Å². The van der Waals surface area contributed by atoms with E-state index in [9.17, 15) is 4.79 Å². The smallest absolute Gasteiger partial charge is 0.256 e. The number of aryl methyl sites for hydroxylation is 1. The van der Waals surface area contributed by atoms with E-state index in [0.29, 0.717) is 5.56 Å². The van der Waals surface area contributed by atoms with Gasteiger partial charge in [0.15, 0.2) is 0 Å². The number of benzene rings is 2. The van der Waals surface area contributed by atoms with E-state index in [0.717, 1.165) is 21.1 Å². The zero-order chi connectivity index (χ0) is 13.8. The molecule has 2 nitrogen and oxygen atoms in total. The van der Waals surface area contributed by atoms with Gasteiger partial charge in [-0.05, 0) is 52.2 Å². The first kappa shape index (κ1) is 14.3. The predicted octanol–water partition coefficient (Wildman–Crippen LogP) is 4.90. The molecule has 0 bridgehead atoms. The Bertz CT molecular complexity index is 594. The number of nitrogens with one attached hydrogen (secondary N) is 1. The molecule has 0 saturated heterocycles. The zero-order valence-corrected chi connectivity index (χ0v) is 13.6. The first-order valence-corrected chi connectivity index (χ1v) is 7.74. The second kappa shape index (κ2) is 6.35. The average Bonchev–Trinajstić information content (AvgIpc) is 2.42. The van der Waals surface area contributed by atoms with E-state index in [1.165, 1.54) is 5.56 Å². The lowest BCUT2D eigenvalue weighted by Gasteiger charge is -2.08. The molecule has 0 aliphatic rings. The lowest BCUT2D eigenvalue weighted by Crippen LogP contribution is -2.12. The topological polar surface area (TPSA) is 29.1 Å². The van der Waals surface area contributed by atoms with E-state index < -0.39 is 0 Å². The van der Waals surface area contributed by atoms with Crippen LogP contribution in [0.25, 0.3) is 0 Å². The van der Waals surface area contributed by atoms with Gasteiger partial charge in [-0.2, -0.15) is 0 Å². The lowest BCUT2D eigenvalue weighted by atomic mass is 10.1. The minimum atomic E-state index is -0.109. The highest BCUT2D eigenvalue weighted by atomic mass is 79.9. The van der Waals surface area contributed by atoms with Gasteiger partial charge >= 0.3 is 0 Å². The third-order valence-corrected chi connectivity index (χ3v) is 4.50. The first-order valence-electron chi connectivity index (χ1n) is 5.83. The van der Waals surface area contributed by atoms with Crippen molar-refractivity contribution in [2.75, 3.05) is 5.32 Å². The van der Waals surface area contributed by atoms with Crippen molar-refractivity contribution in [1.82, 2.24) is 0 Å². The molecule has 19 heavy (non-hydrogen) atoms. The maximum atomic E-state index is 12.2. The molecular formula is C15H13Br2NO. The summed E-state index contributed by atoms with van der Waals surface area (Å²) in [7, 11) is 0. The molecule has 98 valence electrons. The molecule has 2 rings (SSSR count). The first-order chi connectivity index (χ1) is 9.11. The fourth-order valence-electron chi connectivity index (χ4n) is 1.70. The standard InChI is InChI=1S/C15H13Br2NO/c1-10-3-2-4-13(14(10)17)15(19)18-12-7-5-11(9-16)6-8-12/h2-8H,9H2,1H3,(H,18,19). The van der Waals surface area contributed by atoms with Crippen molar-refractivity contribution in [3.63, 3.8) is 0 Å². The predicted molar refractivity (Wildman–Crippen MR) is 85.9 cm³/mol. The van der Waals surface area contributed by atoms with Crippen molar-refractivity contribution in [3.8, 4) is 0 Å². The third-order valence-electron chi connectivity index (χ3n) is 2.80. The second-order valence-corrected chi connectivity index (χ2v) is 5.57. The van der Waals surface area contributed by atoms with Crippen LogP contribution in [0.3, 0.4) is 0 Å². The third kappa shape index (κ3) is 3.45. The Morgan fingerprint density at radius 1 is 1.16 bits per heavy atom. The molecule has 0 unspecified atom stereocenters. The highest BCUT2D eigenvalue weighted by molar-refractivity contribution is 9.10. The van der Waals surface area contributed by atoms with Gasteiger partial charge in [-0.3, -0.25) is 4.79 Å². The van der Waals surface area contributed by atoms with Crippen molar-refractivity contribution in [2.24, 2.45) is 0 Å². The van der Waals surface area contributed by atoms with E-state index in [2.05, 4.69) is 37.2 Å². The van der Waals surface area contributed by atoms with Gasteiger partial charge in [0, 0.05) is 15.5 Å². The molecule has 2 aromatic rings. The van der Waals surface area contributed by atoms with Gasteiger partial charge in [0.25, 0.3) is 5.91 Å². The fourth-order valence-corrected chi connectivity index (χ4v) is 2.52. The largest absolute Gasteiger partial charge is 0.322 e. The number of carbonyl (C=O) groups is 1. The number of anilines is 1. The molecule has 0 heterocycles.